The molecule has 0 bridgehead atoms. The second-order valence-corrected chi connectivity index (χ2v) is 3.71. The Hall–Kier alpha value is -1.80. The van der Waals surface area contributed by atoms with E-state index in [0.717, 1.165) is 6.42 Å². The average molecular weight is 253 g/mol. The number of carbonyl (C=O) groups is 1. The molecule has 5 nitrogen and oxygen atoms in total. The van der Waals surface area contributed by atoms with Crippen molar-refractivity contribution in [2.24, 2.45) is 0 Å². The zero-order valence-corrected chi connectivity index (χ0v) is 10.2. The predicted molar refractivity (Wildman–Crippen MR) is 65.8 cm³/mol. The zero-order chi connectivity index (χ0) is 12.7. The second-order valence-electron chi connectivity index (χ2n) is 3.34. The van der Waals surface area contributed by atoms with E-state index >= 15 is 0 Å². The molecule has 1 aromatic heterocycles. The Bertz CT molecular complexity index is 442. The lowest BCUT2D eigenvalue weighted by Crippen LogP contribution is -2.30. The molecule has 0 fully saturated rings. The molecule has 0 aromatic carbocycles. The van der Waals surface area contributed by atoms with Gasteiger partial charge in [0.1, 0.15) is 16.9 Å². The molecule has 2 N–H and O–H groups in total. The molecule has 1 aromatic rings. The molecule has 0 radical (unpaired) electrons. The van der Waals surface area contributed by atoms with Crippen LogP contribution in [0.5, 0.6) is 0 Å². The van der Waals surface area contributed by atoms with Crippen molar-refractivity contribution in [1.82, 2.24) is 10.3 Å². The first kappa shape index (κ1) is 13.3. The van der Waals surface area contributed by atoms with Gasteiger partial charge in [-0.05, 0) is 12.5 Å². The highest BCUT2D eigenvalue weighted by atomic mass is 35.5. The molecule has 0 aliphatic heterocycles. The maximum absolute atomic E-state index is 11.3. The Kier molecular flexibility index (Phi) is 5.24. The fourth-order valence-corrected chi connectivity index (χ4v) is 1.37. The van der Waals surface area contributed by atoms with Crippen LogP contribution in [0, 0.1) is 11.3 Å². The van der Waals surface area contributed by atoms with E-state index in [9.17, 15) is 4.79 Å². The number of nitrogens with one attached hydrogen (secondary N) is 2. The van der Waals surface area contributed by atoms with E-state index in [1.807, 2.05) is 13.0 Å². The van der Waals surface area contributed by atoms with E-state index < -0.39 is 0 Å². The summed E-state index contributed by atoms with van der Waals surface area (Å²) in [5.41, 5.74) is 0.332. The third-order valence-corrected chi connectivity index (χ3v) is 2.38. The summed E-state index contributed by atoms with van der Waals surface area (Å²) in [5.74, 6) is 0.212. The molecule has 17 heavy (non-hydrogen) atoms. The Balaban J connectivity index is 2.58. The van der Waals surface area contributed by atoms with Crippen molar-refractivity contribution in [3.8, 4) is 6.07 Å². The van der Waals surface area contributed by atoms with Crippen LogP contribution in [0.4, 0.5) is 5.82 Å². The molecular weight excluding hydrogens is 240 g/mol. The van der Waals surface area contributed by atoms with E-state index in [1.54, 1.807) is 0 Å². The fraction of sp³-hybridized carbons (Fsp3) is 0.364. The van der Waals surface area contributed by atoms with Gasteiger partial charge in [0.25, 0.3) is 0 Å². The summed E-state index contributed by atoms with van der Waals surface area (Å²) >= 11 is 5.92. The third-order valence-electron chi connectivity index (χ3n) is 2.00. The van der Waals surface area contributed by atoms with Crippen LogP contribution in [0.3, 0.4) is 0 Å². The molecule has 90 valence electrons. The number of nitriles is 1. The molecule has 1 heterocycles. The minimum atomic E-state index is -0.132. The minimum Gasteiger partial charge on any atom is -0.360 e. The molecule has 0 atom stereocenters. The zero-order valence-electron chi connectivity index (χ0n) is 9.46. The molecule has 0 aliphatic rings. The van der Waals surface area contributed by atoms with Gasteiger partial charge < -0.3 is 10.6 Å². The maximum atomic E-state index is 11.3. The highest BCUT2D eigenvalue weighted by Gasteiger charge is 2.08. The SMILES string of the molecule is CCCNC(=O)CNc1nccc(C#N)c1Cl. The Morgan fingerprint density at radius 2 is 2.41 bits per heavy atom. The Labute approximate surface area is 105 Å². The summed E-state index contributed by atoms with van der Waals surface area (Å²) in [5, 5.41) is 14.5. The predicted octanol–water partition coefficient (Wildman–Crippen LogP) is 1.54. The number of aromatic nitrogens is 1. The number of anilines is 1. The number of pyridine rings is 1. The van der Waals surface area contributed by atoms with Crippen LogP contribution in [0.2, 0.25) is 5.02 Å². The van der Waals surface area contributed by atoms with Crippen molar-refractivity contribution in [1.29, 1.82) is 5.26 Å². The van der Waals surface area contributed by atoms with Gasteiger partial charge >= 0.3 is 0 Å². The molecule has 1 rings (SSSR count). The van der Waals surface area contributed by atoms with Crippen LogP contribution in [0.15, 0.2) is 12.3 Å². The van der Waals surface area contributed by atoms with Gasteiger partial charge in [-0.2, -0.15) is 5.26 Å². The summed E-state index contributed by atoms with van der Waals surface area (Å²) in [6.07, 6.45) is 2.35. The number of carbonyl (C=O) groups excluding carboxylic acids is 1. The summed E-state index contributed by atoms with van der Waals surface area (Å²) in [6.45, 7) is 2.70. The van der Waals surface area contributed by atoms with Gasteiger partial charge in [0, 0.05) is 12.7 Å². The number of amides is 1. The van der Waals surface area contributed by atoms with Crippen molar-refractivity contribution in [2.75, 3.05) is 18.4 Å². The largest absolute Gasteiger partial charge is 0.360 e. The molecular formula is C11H13ClN4O. The lowest BCUT2D eigenvalue weighted by molar-refractivity contribution is -0.119. The first-order valence-corrected chi connectivity index (χ1v) is 5.62. The minimum absolute atomic E-state index is 0.0849. The van der Waals surface area contributed by atoms with Crippen molar-refractivity contribution < 1.29 is 4.79 Å². The quantitative estimate of drug-likeness (QED) is 0.833. The molecule has 0 aliphatic carbocycles. The number of hydrogen-bond donors (Lipinski definition) is 2. The van der Waals surface area contributed by atoms with E-state index in [2.05, 4.69) is 15.6 Å². The molecule has 6 heteroatoms. The Morgan fingerprint density at radius 1 is 1.65 bits per heavy atom. The van der Waals surface area contributed by atoms with E-state index in [4.69, 9.17) is 16.9 Å². The van der Waals surface area contributed by atoms with Gasteiger partial charge in [0.05, 0.1) is 12.1 Å². The fourth-order valence-electron chi connectivity index (χ4n) is 1.14. The second kappa shape index (κ2) is 6.71. The lowest BCUT2D eigenvalue weighted by atomic mass is 10.3. The van der Waals surface area contributed by atoms with E-state index in [1.165, 1.54) is 12.3 Å². The highest BCUT2D eigenvalue weighted by molar-refractivity contribution is 6.34. The van der Waals surface area contributed by atoms with Gasteiger partial charge in [-0.3, -0.25) is 4.79 Å². The van der Waals surface area contributed by atoms with Crippen LogP contribution in [0.25, 0.3) is 0 Å². The number of hydrogen-bond acceptors (Lipinski definition) is 4. The van der Waals surface area contributed by atoms with Crippen LogP contribution < -0.4 is 10.6 Å². The Morgan fingerprint density at radius 3 is 3.06 bits per heavy atom. The molecule has 0 unspecified atom stereocenters. The monoisotopic (exact) mass is 252 g/mol. The van der Waals surface area contributed by atoms with Gasteiger partial charge in [-0.15, -0.1) is 0 Å². The van der Waals surface area contributed by atoms with Gasteiger partial charge in [0.15, 0.2) is 0 Å². The maximum Gasteiger partial charge on any atom is 0.239 e. The van der Waals surface area contributed by atoms with Crippen LogP contribution >= 0.6 is 11.6 Å². The molecule has 1 amide bonds. The number of nitrogens with zero attached hydrogens (tertiary/aromatic N) is 2. The van der Waals surface area contributed by atoms with Gasteiger partial charge in [-0.25, -0.2) is 4.98 Å². The molecule has 0 saturated carbocycles. The van der Waals surface area contributed by atoms with Crippen molar-refractivity contribution in [3.05, 3.63) is 22.8 Å². The average Bonchev–Trinajstić information content (AvgIpc) is 2.35. The summed E-state index contributed by atoms with van der Waals surface area (Å²) < 4.78 is 0. The van der Waals surface area contributed by atoms with Crippen molar-refractivity contribution in [2.45, 2.75) is 13.3 Å². The lowest BCUT2D eigenvalue weighted by Gasteiger charge is -2.08. The number of rotatable bonds is 5. The summed E-state index contributed by atoms with van der Waals surface area (Å²) in [4.78, 5) is 15.3. The van der Waals surface area contributed by atoms with Crippen LogP contribution in [-0.4, -0.2) is 24.0 Å². The van der Waals surface area contributed by atoms with Crippen molar-refractivity contribution >= 4 is 23.3 Å². The standard InChI is InChI=1S/C11H13ClN4O/c1-2-4-14-9(17)7-16-11-10(12)8(6-13)3-5-15-11/h3,5H,2,4,7H2,1H3,(H,14,17)(H,15,16). The third kappa shape index (κ3) is 3.93. The smallest absolute Gasteiger partial charge is 0.239 e. The van der Waals surface area contributed by atoms with E-state index in [-0.39, 0.29) is 17.5 Å². The van der Waals surface area contributed by atoms with E-state index in [0.29, 0.717) is 17.9 Å². The summed E-state index contributed by atoms with van der Waals surface area (Å²) in [7, 11) is 0. The van der Waals surface area contributed by atoms with Crippen molar-refractivity contribution in [3.63, 3.8) is 0 Å². The van der Waals surface area contributed by atoms with Gasteiger partial charge in [0.2, 0.25) is 5.91 Å². The molecule has 0 saturated heterocycles. The van der Waals surface area contributed by atoms with Crippen LogP contribution in [-0.2, 0) is 4.79 Å². The van der Waals surface area contributed by atoms with Crippen LogP contribution in [0.1, 0.15) is 18.9 Å². The number of halogens is 1. The highest BCUT2D eigenvalue weighted by Crippen LogP contribution is 2.22. The normalized spacial score (nSPS) is 9.47. The first-order valence-electron chi connectivity index (χ1n) is 5.24. The topological polar surface area (TPSA) is 77.8 Å². The van der Waals surface area contributed by atoms with Gasteiger partial charge in [-0.1, -0.05) is 18.5 Å². The summed E-state index contributed by atoms with van der Waals surface area (Å²) in [6, 6.07) is 3.46. The molecule has 0 spiro atoms. The first-order chi connectivity index (χ1) is 8.19.